The minimum Gasteiger partial charge on any atom is -0.466 e. The minimum atomic E-state index is -0.412. The van der Waals surface area contributed by atoms with Crippen molar-refractivity contribution < 1.29 is 14.7 Å². The first-order valence-electron chi connectivity index (χ1n) is 3.63. The van der Waals surface area contributed by atoms with E-state index in [1.54, 1.807) is 6.92 Å². The maximum Gasteiger partial charge on any atom is 0.333 e. The van der Waals surface area contributed by atoms with Gasteiger partial charge in [-0.05, 0) is 19.4 Å². The monoisotopic (exact) mass is 171 g/mol. The van der Waals surface area contributed by atoms with Gasteiger partial charge in [-0.2, -0.15) is 0 Å². The van der Waals surface area contributed by atoms with E-state index in [2.05, 4.69) is 9.89 Å². The Balaban J connectivity index is 4.44. The Morgan fingerprint density at radius 3 is 2.58 bits per heavy atom. The molecule has 4 nitrogen and oxygen atoms in total. The van der Waals surface area contributed by atoms with Crippen LogP contribution in [0, 0.1) is 0 Å². The Hall–Kier alpha value is -1.32. The first-order chi connectivity index (χ1) is 5.65. The molecule has 68 valence electrons. The lowest BCUT2D eigenvalue weighted by molar-refractivity contribution is -0.136. The summed E-state index contributed by atoms with van der Waals surface area (Å²) in [5, 5.41) is 11.4. The van der Waals surface area contributed by atoms with E-state index in [1.165, 1.54) is 13.2 Å². The van der Waals surface area contributed by atoms with Crippen LogP contribution in [0.2, 0.25) is 0 Å². The Bertz CT molecular complexity index is 218. The predicted octanol–water partition coefficient (Wildman–Crippen LogP) is 1.35. The number of hydrogen-bond donors (Lipinski definition) is 1. The highest BCUT2D eigenvalue weighted by Crippen LogP contribution is 1.98. The van der Waals surface area contributed by atoms with Gasteiger partial charge in [0.1, 0.15) is 0 Å². The Kier molecular flexibility index (Phi) is 4.76. The number of rotatable bonds is 3. The van der Waals surface area contributed by atoms with Crippen molar-refractivity contribution in [3.63, 3.8) is 0 Å². The molecule has 0 aromatic rings. The highest BCUT2D eigenvalue weighted by atomic mass is 16.5. The summed E-state index contributed by atoms with van der Waals surface area (Å²) in [6.45, 7) is 3.43. The maximum atomic E-state index is 10.9. The molecule has 0 unspecified atom stereocenters. The van der Waals surface area contributed by atoms with E-state index in [0.29, 0.717) is 17.7 Å². The van der Waals surface area contributed by atoms with Crippen molar-refractivity contribution in [2.24, 2.45) is 5.16 Å². The van der Waals surface area contributed by atoms with Gasteiger partial charge < -0.3 is 9.94 Å². The summed E-state index contributed by atoms with van der Waals surface area (Å²) < 4.78 is 4.46. The first-order valence-corrected chi connectivity index (χ1v) is 3.63. The Morgan fingerprint density at radius 1 is 1.67 bits per heavy atom. The largest absolute Gasteiger partial charge is 0.466 e. The Morgan fingerprint density at radius 2 is 2.25 bits per heavy atom. The lowest BCUT2D eigenvalue weighted by atomic mass is 10.2. The second kappa shape index (κ2) is 5.35. The average Bonchev–Trinajstić information content (AvgIpc) is 2.12. The zero-order valence-electron chi connectivity index (χ0n) is 7.50. The second-order valence-corrected chi connectivity index (χ2v) is 2.26. The fourth-order valence-corrected chi connectivity index (χ4v) is 0.671. The molecule has 0 aromatic heterocycles. The summed E-state index contributed by atoms with van der Waals surface area (Å²) in [5.41, 5.74) is 0.880. The number of allylic oxidation sites excluding steroid dienone is 1. The molecule has 0 saturated carbocycles. The molecule has 0 rings (SSSR count). The summed E-state index contributed by atoms with van der Waals surface area (Å²) in [4.78, 5) is 10.9. The summed E-state index contributed by atoms with van der Waals surface area (Å²) in [5.74, 6) is -0.412. The molecule has 0 aliphatic heterocycles. The van der Waals surface area contributed by atoms with Crippen LogP contribution in [0.15, 0.2) is 16.8 Å². The van der Waals surface area contributed by atoms with Crippen molar-refractivity contribution in [1.29, 1.82) is 0 Å². The van der Waals surface area contributed by atoms with Crippen molar-refractivity contribution >= 4 is 11.7 Å². The SMILES string of the molecule is CCC(/C=C(\C)C(=O)OC)=N\O. The van der Waals surface area contributed by atoms with Crippen LogP contribution in [0.1, 0.15) is 20.3 Å². The predicted molar refractivity (Wildman–Crippen MR) is 45.3 cm³/mol. The van der Waals surface area contributed by atoms with E-state index in [-0.39, 0.29) is 0 Å². The van der Waals surface area contributed by atoms with Crippen LogP contribution in [0.25, 0.3) is 0 Å². The second-order valence-electron chi connectivity index (χ2n) is 2.26. The van der Waals surface area contributed by atoms with Crippen molar-refractivity contribution in [3.05, 3.63) is 11.6 Å². The molecule has 0 aliphatic rings. The molecule has 12 heavy (non-hydrogen) atoms. The van der Waals surface area contributed by atoms with Crippen LogP contribution in [0.5, 0.6) is 0 Å². The third kappa shape index (κ3) is 3.18. The molecule has 0 spiro atoms. The average molecular weight is 171 g/mol. The molecule has 0 atom stereocenters. The van der Waals surface area contributed by atoms with Crippen LogP contribution < -0.4 is 0 Å². The molecule has 0 bridgehead atoms. The van der Waals surface area contributed by atoms with Crippen molar-refractivity contribution in [2.45, 2.75) is 20.3 Å². The molecule has 0 radical (unpaired) electrons. The smallest absolute Gasteiger partial charge is 0.333 e. The molecular formula is C8H13NO3. The van der Waals surface area contributed by atoms with Gasteiger partial charge in [-0.3, -0.25) is 0 Å². The quantitative estimate of drug-likeness (QED) is 0.229. The minimum absolute atomic E-state index is 0.412. The van der Waals surface area contributed by atoms with E-state index in [0.717, 1.165) is 0 Å². The number of ether oxygens (including phenoxy) is 1. The third-order valence-electron chi connectivity index (χ3n) is 1.38. The summed E-state index contributed by atoms with van der Waals surface area (Å²) in [6.07, 6.45) is 2.07. The van der Waals surface area contributed by atoms with Gasteiger partial charge in [0.15, 0.2) is 0 Å². The maximum absolute atomic E-state index is 10.9. The summed E-state index contributed by atoms with van der Waals surface area (Å²) in [6, 6.07) is 0. The van der Waals surface area contributed by atoms with E-state index < -0.39 is 5.97 Å². The molecule has 0 fully saturated rings. The lowest BCUT2D eigenvalue weighted by Crippen LogP contribution is -2.04. The van der Waals surface area contributed by atoms with Crippen LogP contribution in [0.3, 0.4) is 0 Å². The van der Waals surface area contributed by atoms with Crippen molar-refractivity contribution in [1.82, 2.24) is 0 Å². The number of carbonyl (C=O) groups is 1. The highest BCUT2D eigenvalue weighted by Gasteiger charge is 2.03. The molecule has 0 heterocycles. The number of carbonyl (C=O) groups excluding carboxylic acids is 1. The van der Waals surface area contributed by atoms with E-state index in [9.17, 15) is 4.79 Å². The van der Waals surface area contributed by atoms with Gasteiger partial charge >= 0.3 is 5.97 Å². The molecular weight excluding hydrogens is 158 g/mol. The van der Waals surface area contributed by atoms with Gasteiger partial charge in [0.2, 0.25) is 0 Å². The molecule has 4 heteroatoms. The van der Waals surface area contributed by atoms with Gasteiger partial charge in [0.25, 0.3) is 0 Å². The number of esters is 1. The van der Waals surface area contributed by atoms with Crippen molar-refractivity contribution in [2.75, 3.05) is 7.11 Å². The van der Waals surface area contributed by atoms with Crippen LogP contribution in [0.4, 0.5) is 0 Å². The molecule has 1 N–H and O–H groups in total. The fourth-order valence-electron chi connectivity index (χ4n) is 0.671. The number of methoxy groups -OCH3 is 1. The number of nitrogens with zero attached hydrogens (tertiary/aromatic N) is 1. The number of hydrogen-bond acceptors (Lipinski definition) is 4. The van der Waals surface area contributed by atoms with Crippen molar-refractivity contribution in [3.8, 4) is 0 Å². The molecule has 0 saturated heterocycles. The standard InChI is InChI=1S/C8H13NO3/c1-4-7(9-11)5-6(2)8(10)12-3/h5,11H,4H2,1-3H3/b6-5+,9-7+. The van der Waals surface area contributed by atoms with Crippen LogP contribution >= 0.6 is 0 Å². The summed E-state index contributed by atoms with van der Waals surface area (Å²) >= 11 is 0. The topological polar surface area (TPSA) is 58.9 Å². The first kappa shape index (κ1) is 10.7. The zero-order valence-corrected chi connectivity index (χ0v) is 7.50. The summed E-state index contributed by atoms with van der Waals surface area (Å²) in [7, 11) is 1.31. The molecule has 0 amide bonds. The van der Waals surface area contributed by atoms with E-state index in [4.69, 9.17) is 5.21 Å². The normalized spacial score (nSPS) is 12.9. The van der Waals surface area contributed by atoms with Gasteiger partial charge in [0.05, 0.1) is 12.8 Å². The van der Waals surface area contributed by atoms with E-state index in [1.807, 2.05) is 6.92 Å². The van der Waals surface area contributed by atoms with E-state index >= 15 is 0 Å². The van der Waals surface area contributed by atoms with Crippen LogP contribution in [-0.4, -0.2) is 24.0 Å². The van der Waals surface area contributed by atoms with Crippen LogP contribution in [-0.2, 0) is 9.53 Å². The zero-order chi connectivity index (χ0) is 9.56. The van der Waals surface area contributed by atoms with Gasteiger partial charge in [0, 0.05) is 5.57 Å². The lowest BCUT2D eigenvalue weighted by Gasteiger charge is -1.98. The van der Waals surface area contributed by atoms with Gasteiger partial charge in [-0.25, -0.2) is 4.79 Å². The Labute approximate surface area is 71.5 Å². The fraction of sp³-hybridized carbons (Fsp3) is 0.500. The highest BCUT2D eigenvalue weighted by molar-refractivity contribution is 6.01. The third-order valence-corrected chi connectivity index (χ3v) is 1.38. The number of oxime groups is 1. The molecule has 0 aliphatic carbocycles. The van der Waals surface area contributed by atoms with Gasteiger partial charge in [-0.15, -0.1) is 0 Å². The molecule has 0 aromatic carbocycles. The van der Waals surface area contributed by atoms with Gasteiger partial charge in [-0.1, -0.05) is 12.1 Å².